The fourth-order valence-electron chi connectivity index (χ4n) is 5.00. The van der Waals surface area contributed by atoms with Gasteiger partial charge in [-0.15, -0.1) is 0 Å². The van der Waals surface area contributed by atoms with E-state index in [1.165, 1.54) is 23.1 Å². The summed E-state index contributed by atoms with van der Waals surface area (Å²) in [5, 5.41) is 0. The van der Waals surface area contributed by atoms with Crippen LogP contribution < -0.4 is 14.2 Å². The fraction of sp³-hybridized carbons (Fsp3) is 0.333. The number of hydrogen-bond donors (Lipinski definition) is 0. The minimum absolute atomic E-state index is 0.533. The molecule has 3 aromatic carbocycles. The molecular formula is C27H29NO3. The van der Waals surface area contributed by atoms with Crippen molar-refractivity contribution in [2.45, 2.75) is 31.8 Å². The largest absolute Gasteiger partial charge is 0.496 e. The smallest absolute Gasteiger partial charge is 0.165 e. The van der Waals surface area contributed by atoms with Crippen LogP contribution in [0.2, 0.25) is 0 Å². The van der Waals surface area contributed by atoms with Crippen LogP contribution in [0.15, 0.2) is 60.7 Å². The zero-order valence-corrected chi connectivity index (χ0v) is 18.3. The summed E-state index contributed by atoms with van der Waals surface area (Å²) in [4.78, 5) is 2.59. The van der Waals surface area contributed by atoms with Crippen molar-refractivity contribution in [3.8, 4) is 28.4 Å². The average molecular weight is 416 g/mol. The average Bonchev–Trinajstić information content (AvgIpc) is 3.05. The number of fused-ring (bicyclic) bond motifs is 2. The lowest BCUT2D eigenvalue weighted by molar-refractivity contribution is 0.155. The summed E-state index contributed by atoms with van der Waals surface area (Å²) in [6, 6.07) is 21.8. The van der Waals surface area contributed by atoms with Crippen molar-refractivity contribution in [1.82, 2.24) is 4.90 Å². The molecule has 1 atom stereocenters. The minimum Gasteiger partial charge on any atom is -0.496 e. The SMILES string of the molecule is COc1ccccc1-c1cc2c(c(OC)c1)OCCN(C1CCc3ccccc3C1)C2. The van der Waals surface area contributed by atoms with Crippen molar-refractivity contribution in [1.29, 1.82) is 0 Å². The monoisotopic (exact) mass is 415 g/mol. The third kappa shape index (κ3) is 3.88. The van der Waals surface area contributed by atoms with E-state index in [1.807, 2.05) is 18.2 Å². The van der Waals surface area contributed by atoms with Crippen LogP contribution >= 0.6 is 0 Å². The molecule has 0 radical (unpaired) electrons. The molecule has 3 aromatic rings. The van der Waals surface area contributed by atoms with Crippen LogP contribution in [0.1, 0.15) is 23.1 Å². The van der Waals surface area contributed by atoms with Gasteiger partial charge < -0.3 is 14.2 Å². The third-order valence-corrected chi connectivity index (χ3v) is 6.61. The Morgan fingerprint density at radius 2 is 1.65 bits per heavy atom. The maximum absolute atomic E-state index is 6.21. The summed E-state index contributed by atoms with van der Waals surface area (Å²) in [5.74, 6) is 2.52. The summed E-state index contributed by atoms with van der Waals surface area (Å²) in [6.45, 7) is 2.46. The quantitative estimate of drug-likeness (QED) is 0.592. The maximum atomic E-state index is 6.21. The number of para-hydroxylation sites is 1. The lowest BCUT2D eigenvalue weighted by Crippen LogP contribution is -2.40. The highest BCUT2D eigenvalue weighted by Gasteiger charge is 2.28. The van der Waals surface area contributed by atoms with Crippen LogP contribution in [0.3, 0.4) is 0 Å². The fourth-order valence-corrected chi connectivity index (χ4v) is 5.00. The van der Waals surface area contributed by atoms with Crippen molar-refractivity contribution in [3.63, 3.8) is 0 Å². The van der Waals surface area contributed by atoms with E-state index in [-0.39, 0.29) is 0 Å². The van der Waals surface area contributed by atoms with Gasteiger partial charge in [-0.25, -0.2) is 0 Å². The van der Waals surface area contributed by atoms with Crippen LogP contribution in [0.25, 0.3) is 11.1 Å². The van der Waals surface area contributed by atoms with Gasteiger partial charge in [-0.05, 0) is 54.2 Å². The van der Waals surface area contributed by atoms with E-state index in [0.29, 0.717) is 12.6 Å². The minimum atomic E-state index is 0.533. The van der Waals surface area contributed by atoms with Gasteiger partial charge in [0.05, 0.1) is 14.2 Å². The molecule has 0 saturated carbocycles. The van der Waals surface area contributed by atoms with Gasteiger partial charge in [0.1, 0.15) is 12.4 Å². The lowest BCUT2D eigenvalue weighted by atomic mass is 9.87. The summed E-state index contributed by atoms with van der Waals surface area (Å²) in [5.41, 5.74) is 6.33. The Bertz CT molecular complexity index is 1080. The Labute approximate surface area is 184 Å². The molecule has 5 rings (SSSR count). The zero-order chi connectivity index (χ0) is 21.2. The Kier molecular flexibility index (Phi) is 5.56. The topological polar surface area (TPSA) is 30.9 Å². The van der Waals surface area contributed by atoms with Gasteiger partial charge in [-0.2, -0.15) is 0 Å². The summed E-state index contributed by atoms with van der Waals surface area (Å²) in [7, 11) is 3.43. The molecule has 0 amide bonds. The molecular weight excluding hydrogens is 386 g/mol. The molecule has 0 bridgehead atoms. The third-order valence-electron chi connectivity index (χ3n) is 6.61. The Balaban J connectivity index is 1.48. The Morgan fingerprint density at radius 3 is 2.48 bits per heavy atom. The molecule has 1 heterocycles. The summed E-state index contributed by atoms with van der Waals surface area (Å²) >= 11 is 0. The standard InChI is InChI=1S/C27H29NO3/c1-29-25-10-6-5-9-24(25)21-15-22-18-28(13-14-31-27(22)26(17-21)30-2)23-12-11-19-7-3-4-8-20(19)16-23/h3-10,15,17,23H,11-14,16,18H2,1-2H3. The molecule has 1 aliphatic carbocycles. The van der Waals surface area contributed by atoms with Crippen molar-refractivity contribution < 1.29 is 14.2 Å². The number of aryl methyl sites for hydroxylation is 1. The number of methoxy groups -OCH3 is 2. The molecule has 0 aromatic heterocycles. The molecule has 0 saturated heterocycles. The summed E-state index contributed by atoms with van der Waals surface area (Å²) in [6.07, 6.45) is 3.44. The number of benzene rings is 3. The van der Waals surface area contributed by atoms with Gasteiger partial charge >= 0.3 is 0 Å². The first-order chi connectivity index (χ1) is 15.3. The van der Waals surface area contributed by atoms with E-state index >= 15 is 0 Å². The van der Waals surface area contributed by atoms with Crippen LogP contribution in [-0.4, -0.2) is 38.3 Å². The van der Waals surface area contributed by atoms with E-state index in [1.54, 1.807) is 14.2 Å². The van der Waals surface area contributed by atoms with Gasteiger partial charge in [0, 0.05) is 30.3 Å². The van der Waals surface area contributed by atoms with E-state index < -0.39 is 0 Å². The molecule has 0 fully saturated rings. The first-order valence-corrected chi connectivity index (χ1v) is 11.0. The maximum Gasteiger partial charge on any atom is 0.165 e. The second-order valence-corrected chi connectivity index (χ2v) is 8.35. The number of nitrogens with zero attached hydrogens (tertiary/aromatic N) is 1. The molecule has 0 spiro atoms. The molecule has 1 unspecified atom stereocenters. The van der Waals surface area contributed by atoms with Crippen LogP contribution in [-0.2, 0) is 19.4 Å². The van der Waals surface area contributed by atoms with Gasteiger partial charge in [-0.3, -0.25) is 4.90 Å². The summed E-state index contributed by atoms with van der Waals surface area (Å²) < 4.78 is 17.6. The van der Waals surface area contributed by atoms with Crippen molar-refractivity contribution >= 4 is 0 Å². The van der Waals surface area contributed by atoms with Gasteiger partial charge in [0.25, 0.3) is 0 Å². The van der Waals surface area contributed by atoms with Gasteiger partial charge in [-0.1, -0.05) is 42.5 Å². The molecule has 0 N–H and O–H groups in total. The molecule has 31 heavy (non-hydrogen) atoms. The van der Waals surface area contributed by atoms with E-state index in [9.17, 15) is 0 Å². The molecule has 160 valence electrons. The number of ether oxygens (including phenoxy) is 3. The number of rotatable bonds is 4. The van der Waals surface area contributed by atoms with Gasteiger partial charge in [0.2, 0.25) is 0 Å². The second kappa shape index (κ2) is 8.64. The van der Waals surface area contributed by atoms with E-state index in [4.69, 9.17) is 14.2 Å². The number of hydrogen-bond acceptors (Lipinski definition) is 4. The second-order valence-electron chi connectivity index (χ2n) is 8.35. The van der Waals surface area contributed by atoms with E-state index in [2.05, 4.69) is 47.4 Å². The normalized spacial score (nSPS) is 18.3. The van der Waals surface area contributed by atoms with Gasteiger partial charge in [0.15, 0.2) is 11.5 Å². The van der Waals surface area contributed by atoms with Crippen LogP contribution in [0, 0.1) is 0 Å². The lowest BCUT2D eigenvalue weighted by Gasteiger charge is -2.34. The van der Waals surface area contributed by atoms with E-state index in [0.717, 1.165) is 54.3 Å². The Morgan fingerprint density at radius 1 is 0.871 bits per heavy atom. The predicted octanol–water partition coefficient (Wildman–Crippen LogP) is 5.12. The molecule has 4 nitrogen and oxygen atoms in total. The highest BCUT2D eigenvalue weighted by Crippen LogP contribution is 2.41. The predicted molar refractivity (Wildman–Crippen MR) is 123 cm³/mol. The van der Waals surface area contributed by atoms with Crippen molar-refractivity contribution in [2.75, 3.05) is 27.4 Å². The van der Waals surface area contributed by atoms with Crippen LogP contribution in [0.4, 0.5) is 0 Å². The zero-order valence-electron chi connectivity index (χ0n) is 18.3. The molecule has 2 aliphatic rings. The first-order valence-electron chi connectivity index (χ1n) is 11.0. The van der Waals surface area contributed by atoms with Crippen LogP contribution in [0.5, 0.6) is 17.2 Å². The molecule has 4 heteroatoms. The highest BCUT2D eigenvalue weighted by atomic mass is 16.5. The highest BCUT2D eigenvalue weighted by molar-refractivity contribution is 5.74. The molecule has 1 aliphatic heterocycles. The van der Waals surface area contributed by atoms with Crippen molar-refractivity contribution in [2.24, 2.45) is 0 Å². The Hall–Kier alpha value is -2.98. The first kappa shape index (κ1) is 20.0. The van der Waals surface area contributed by atoms with Crippen molar-refractivity contribution in [3.05, 3.63) is 77.4 Å².